The van der Waals surface area contributed by atoms with Crippen molar-refractivity contribution >= 4 is 27.1 Å². The van der Waals surface area contributed by atoms with Gasteiger partial charge in [0.2, 0.25) is 0 Å². The lowest BCUT2D eigenvalue weighted by molar-refractivity contribution is 0.588. The molecule has 2 aromatic rings. The molecule has 0 aliphatic heterocycles. The molecule has 0 bridgehead atoms. The summed E-state index contributed by atoms with van der Waals surface area (Å²) in [5, 5.41) is 7.37. The van der Waals surface area contributed by atoms with Gasteiger partial charge in [-0.25, -0.2) is 13.4 Å². The summed E-state index contributed by atoms with van der Waals surface area (Å²) in [7, 11) is -3.23. The van der Waals surface area contributed by atoms with Crippen LogP contribution in [0.4, 0.5) is 0 Å². The lowest BCUT2D eigenvalue weighted by Crippen LogP contribution is -2.12. The summed E-state index contributed by atoms with van der Waals surface area (Å²) in [4.78, 5) is 4.05. The third kappa shape index (κ3) is 2.12. The van der Waals surface area contributed by atoms with Crippen molar-refractivity contribution < 1.29 is 8.42 Å². The van der Waals surface area contributed by atoms with Crippen molar-refractivity contribution in [1.29, 1.82) is 0 Å². The predicted octanol–water partition coefficient (Wildman–Crippen LogP) is 1.19. The number of aryl methyl sites for hydroxylation is 1. The van der Waals surface area contributed by atoms with Crippen LogP contribution in [0.2, 0.25) is 5.15 Å². The van der Waals surface area contributed by atoms with E-state index in [1.807, 2.05) is 0 Å². The highest BCUT2D eigenvalue weighted by Gasteiger charge is 2.24. The minimum absolute atomic E-state index is 0.306. The van der Waals surface area contributed by atoms with Crippen LogP contribution in [0.1, 0.15) is 23.8 Å². The number of nitrogens with zero attached hydrogens (tertiary/aromatic N) is 4. The van der Waals surface area contributed by atoms with E-state index in [0.717, 1.165) is 6.26 Å². The molecule has 1 unspecified atom stereocenters. The van der Waals surface area contributed by atoms with Crippen LogP contribution in [-0.2, 0) is 9.84 Å². The van der Waals surface area contributed by atoms with Crippen LogP contribution in [0.15, 0.2) is 6.07 Å². The van der Waals surface area contributed by atoms with Crippen LogP contribution in [0.5, 0.6) is 0 Å². The van der Waals surface area contributed by atoms with Gasteiger partial charge in [0, 0.05) is 12.3 Å². The van der Waals surface area contributed by atoms with Gasteiger partial charge in [-0.3, -0.25) is 4.40 Å². The highest BCUT2D eigenvalue weighted by atomic mass is 35.5. The summed E-state index contributed by atoms with van der Waals surface area (Å²) >= 11 is 5.79. The Morgan fingerprint density at radius 2 is 2.06 bits per heavy atom. The first kappa shape index (κ1) is 12.3. The van der Waals surface area contributed by atoms with Crippen LogP contribution in [0.3, 0.4) is 0 Å². The Morgan fingerprint density at radius 3 is 2.65 bits per heavy atom. The molecule has 2 rings (SSSR count). The number of rotatable bonds is 2. The van der Waals surface area contributed by atoms with Gasteiger partial charge in [0.15, 0.2) is 21.3 Å². The fourth-order valence-corrected chi connectivity index (χ4v) is 2.29. The normalized spacial score (nSPS) is 14.1. The highest BCUT2D eigenvalue weighted by Crippen LogP contribution is 2.21. The zero-order valence-corrected chi connectivity index (χ0v) is 11.1. The van der Waals surface area contributed by atoms with Gasteiger partial charge in [-0.1, -0.05) is 11.6 Å². The zero-order chi connectivity index (χ0) is 12.8. The Kier molecular flexibility index (Phi) is 2.82. The summed E-state index contributed by atoms with van der Waals surface area (Å²) in [6.45, 7) is 3.29. The van der Waals surface area contributed by atoms with Gasteiger partial charge in [0.05, 0.1) is 0 Å². The standard InChI is InChI=1S/C9H11ClN4O2S/c1-5(17(3,15)16)9-13-12-8-4-7(10)11-6(2)14(8)9/h4-5H,1-3H3. The molecule has 92 valence electrons. The van der Waals surface area contributed by atoms with Gasteiger partial charge in [-0.15, -0.1) is 10.2 Å². The van der Waals surface area contributed by atoms with Gasteiger partial charge in [0.25, 0.3) is 0 Å². The molecule has 6 nitrogen and oxygen atoms in total. The summed E-state index contributed by atoms with van der Waals surface area (Å²) in [6.07, 6.45) is 1.16. The van der Waals surface area contributed by atoms with Crippen molar-refractivity contribution in [3.8, 4) is 0 Å². The SMILES string of the molecule is Cc1nc(Cl)cc2nnc(C(C)S(C)(=O)=O)n12. The number of hydrogen-bond donors (Lipinski definition) is 0. The Balaban J connectivity index is 2.73. The van der Waals surface area contributed by atoms with E-state index in [1.165, 1.54) is 0 Å². The molecule has 2 aromatic heterocycles. The van der Waals surface area contributed by atoms with Crippen LogP contribution in [0.25, 0.3) is 5.65 Å². The minimum Gasteiger partial charge on any atom is -0.266 e. The molecular weight excluding hydrogens is 264 g/mol. The quantitative estimate of drug-likeness (QED) is 0.769. The predicted molar refractivity (Wildman–Crippen MR) is 63.8 cm³/mol. The van der Waals surface area contributed by atoms with Crippen molar-refractivity contribution in [1.82, 2.24) is 19.6 Å². The lowest BCUT2D eigenvalue weighted by atomic mass is 10.4. The van der Waals surface area contributed by atoms with Crippen LogP contribution in [0, 0.1) is 6.92 Å². The zero-order valence-electron chi connectivity index (χ0n) is 9.55. The van der Waals surface area contributed by atoms with Gasteiger partial charge in [-0.05, 0) is 13.8 Å². The number of aromatic nitrogens is 4. The molecule has 0 saturated carbocycles. The van der Waals surface area contributed by atoms with E-state index in [1.54, 1.807) is 24.3 Å². The summed E-state index contributed by atoms with van der Waals surface area (Å²) in [5.74, 6) is 0.909. The lowest BCUT2D eigenvalue weighted by Gasteiger charge is -2.08. The maximum atomic E-state index is 11.5. The number of fused-ring (bicyclic) bond motifs is 1. The Bertz CT molecular complexity index is 680. The molecule has 0 fully saturated rings. The van der Waals surface area contributed by atoms with Gasteiger partial charge < -0.3 is 0 Å². The summed E-state index contributed by atoms with van der Waals surface area (Å²) < 4.78 is 24.6. The average Bonchev–Trinajstić information content (AvgIpc) is 2.58. The fourth-order valence-electron chi connectivity index (χ4n) is 1.53. The number of halogens is 1. The van der Waals surface area contributed by atoms with Gasteiger partial charge in [0.1, 0.15) is 16.2 Å². The van der Waals surface area contributed by atoms with E-state index in [0.29, 0.717) is 22.4 Å². The molecule has 0 aliphatic carbocycles. The second-order valence-electron chi connectivity index (χ2n) is 3.85. The van der Waals surface area contributed by atoms with Crippen LogP contribution >= 0.6 is 11.6 Å². The van der Waals surface area contributed by atoms with Crippen molar-refractivity contribution in [3.63, 3.8) is 0 Å². The van der Waals surface area contributed by atoms with E-state index in [4.69, 9.17) is 11.6 Å². The Hall–Kier alpha value is -1.21. The Morgan fingerprint density at radius 1 is 1.41 bits per heavy atom. The maximum absolute atomic E-state index is 11.5. The van der Waals surface area contributed by atoms with Crippen molar-refractivity contribution in [2.45, 2.75) is 19.1 Å². The van der Waals surface area contributed by atoms with Crippen molar-refractivity contribution in [3.05, 3.63) is 22.9 Å². The molecule has 0 spiro atoms. The first-order valence-electron chi connectivity index (χ1n) is 4.87. The molecule has 0 amide bonds. The summed E-state index contributed by atoms with van der Waals surface area (Å²) in [6, 6.07) is 1.54. The second-order valence-corrected chi connectivity index (χ2v) is 6.60. The molecule has 0 N–H and O–H groups in total. The molecule has 17 heavy (non-hydrogen) atoms. The second kappa shape index (κ2) is 3.92. The summed E-state index contributed by atoms with van der Waals surface area (Å²) in [5.41, 5.74) is 0.494. The maximum Gasteiger partial charge on any atom is 0.165 e. The molecular formula is C9H11ClN4O2S. The highest BCUT2D eigenvalue weighted by molar-refractivity contribution is 7.90. The molecule has 2 heterocycles. The molecule has 0 saturated heterocycles. The van der Waals surface area contributed by atoms with Gasteiger partial charge in [-0.2, -0.15) is 0 Å². The van der Waals surface area contributed by atoms with E-state index < -0.39 is 15.1 Å². The van der Waals surface area contributed by atoms with Crippen molar-refractivity contribution in [2.24, 2.45) is 0 Å². The molecule has 1 atom stereocenters. The van der Waals surface area contributed by atoms with Gasteiger partial charge >= 0.3 is 0 Å². The first-order chi connectivity index (χ1) is 7.80. The number of sulfone groups is 1. The molecule has 8 heteroatoms. The van der Waals surface area contributed by atoms with E-state index >= 15 is 0 Å². The largest absolute Gasteiger partial charge is 0.266 e. The smallest absolute Gasteiger partial charge is 0.165 e. The van der Waals surface area contributed by atoms with E-state index in [2.05, 4.69) is 15.2 Å². The van der Waals surface area contributed by atoms with E-state index in [-0.39, 0.29) is 0 Å². The molecule has 0 aromatic carbocycles. The first-order valence-corrected chi connectivity index (χ1v) is 7.21. The van der Waals surface area contributed by atoms with Crippen LogP contribution < -0.4 is 0 Å². The van der Waals surface area contributed by atoms with E-state index in [9.17, 15) is 8.42 Å². The fraction of sp³-hybridized carbons (Fsp3) is 0.444. The topological polar surface area (TPSA) is 77.2 Å². The average molecular weight is 275 g/mol. The minimum atomic E-state index is -3.23. The molecule has 0 radical (unpaired) electrons. The number of hydrogen-bond acceptors (Lipinski definition) is 5. The van der Waals surface area contributed by atoms with Crippen LogP contribution in [-0.4, -0.2) is 34.3 Å². The Labute approximate surface area is 104 Å². The molecule has 0 aliphatic rings. The van der Waals surface area contributed by atoms with Crippen molar-refractivity contribution in [2.75, 3.05) is 6.26 Å². The monoisotopic (exact) mass is 274 g/mol. The third-order valence-corrected chi connectivity index (χ3v) is 4.25. The third-order valence-electron chi connectivity index (χ3n) is 2.56.